The van der Waals surface area contributed by atoms with E-state index in [1.807, 2.05) is 49.4 Å². The van der Waals surface area contributed by atoms with Crippen LogP contribution in [0.3, 0.4) is 0 Å². The van der Waals surface area contributed by atoms with Crippen molar-refractivity contribution >= 4 is 23.2 Å². The Bertz CT molecular complexity index is 1340. The zero-order valence-corrected chi connectivity index (χ0v) is 18.5. The average molecular weight is 442 g/mol. The summed E-state index contributed by atoms with van der Waals surface area (Å²) in [7, 11) is 0. The highest BCUT2D eigenvalue weighted by atomic mass is 16.4. The van der Waals surface area contributed by atoms with Gasteiger partial charge in [0.15, 0.2) is 5.76 Å². The first-order chi connectivity index (χ1) is 15.9. The SMILES string of the molecule is CC(=O)N1c2ccc(-c3cccc(-c4nnc(C)o4)c3)cc2N(C(=O)c2ccco2)CC1C. The molecule has 2 aromatic heterocycles. The molecule has 2 aromatic carbocycles. The van der Waals surface area contributed by atoms with Crippen LogP contribution in [0.4, 0.5) is 11.4 Å². The number of carbonyl (C=O) groups excluding carboxylic acids is 2. The zero-order chi connectivity index (χ0) is 23.1. The molecule has 8 nitrogen and oxygen atoms in total. The Morgan fingerprint density at radius 1 is 0.970 bits per heavy atom. The van der Waals surface area contributed by atoms with E-state index in [1.54, 1.807) is 28.9 Å². The molecule has 2 amide bonds. The first-order valence-electron chi connectivity index (χ1n) is 10.6. The number of carbonyl (C=O) groups is 2. The van der Waals surface area contributed by atoms with Gasteiger partial charge in [-0.25, -0.2) is 0 Å². The maximum Gasteiger partial charge on any atom is 0.294 e. The van der Waals surface area contributed by atoms with Gasteiger partial charge in [-0.3, -0.25) is 9.59 Å². The van der Waals surface area contributed by atoms with Crippen LogP contribution in [0.5, 0.6) is 0 Å². The number of anilines is 2. The molecule has 0 spiro atoms. The van der Waals surface area contributed by atoms with E-state index in [9.17, 15) is 9.59 Å². The Morgan fingerprint density at radius 2 is 1.76 bits per heavy atom. The number of aryl methyl sites for hydroxylation is 1. The molecule has 5 rings (SSSR count). The first kappa shape index (κ1) is 20.7. The number of rotatable bonds is 3. The molecule has 0 saturated heterocycles. The highest BCUT2D eigenvalue weighted by molar-refractivity contribution is 6.10. The fraction of sp³-hybridized carbons (Fsp3) is 0.200. The van der Waals surface area contributed by atoms with Crippen LogP contribution in [-0.4, -0.2) is 34.6 Å². The molecule has 0 bridgehead atoms. The van der Waals surface area contributed by atoms with Gasteiger partial charge < -0.3 is 18.6 Å². The summed E-state index contributed by atoms with van der Waals surface area (Å²) in [6.07, 6.45) is 1.48. The van der Waals surface area contributed by atoms with Crippen molar-refractivity contribution in [3.8, 4) is 22.6 Å². The van der Waals surface area contributed by atoms with Crippen molar-refractivity contribution in [1.82, 2.24) is 10.2 Å². The maximum atomic E-state index is 13.2. The fourth-order valence-corrected chi connectivity index (χ4v) is 4.26. The fourth-order valence-electron chi connectivity index (χ4n) is 4.26. The van der Waals surface area contributed by atoms with E-state index in [1.165, 1.54) is 13.2 Å². The van der Waals surface area contributed by atoms with E-state index in [0.29, 0.717) is 29.7 Å². The van der Waals surface area contributed by atoms with Crippen molar-refractivity contribution in [3.05, 3.63) is 72.5 Å². The van der Waals surface area contributed by atoms with Gasteiger partial charge in [-0.15, -0.1) is 10.2 Å². The predicted octanol–water partition coefficient (Wildman–Crippen LogP) is 4.71. The summed E-state index contributed by atoms with van der Waals surface area (Å²) >= 11 is 0. The topological polar surface area (TPSA) is 92.7 Å². The largest absolute Gasteiger partial charge is 0.459 e. The average Bonchev–Trinajstić information content (AvgIpc) is 3.50. The Balaban J connectivity index is 1.61. The predicted molar refractivity (Wildman–Crippen MR) is 123 cm³/mol. The second-order valence-electron chi connectivity index (χ2n) is 8.04. The van der Waals surface area contributed by atoms with Gasteiger partial charge in [-0.1, -0.05) is 18.2 Å². The van der Waals surface area contributed by atoms with Crippen LogP contribution in [0.25, 0.3) is 22.6 Å². The van der Waals surface area contributed by atoms with Crippen molar-refractivity contribution in [2.24, 2.45) is 0 Å². The van der Waals surface area contributed by atoms with Crippen LogP contribution in [0, 0.1) is 6.92 Å². The van der Waals surface area contributed by atoms with Gasteiger partial charge in [0.05, 0.1) is 23.7 Å². The van der Waals surface area contributed by atoms with Crippen LogP contribution in [0.2, 0.25) is 0 Å². The van der Waals surface area contributed by atoms with E-state index in [-0.39, 0.29) is 23.6 Å². The number of hydrogen-bond donors (Lipinski definition) is 0. The number of fused-ring (bicyclic) bond motifs is 1. The minimum absolute atomic E-state index is 0.0737. The minimum Gasteiger partial charge on any atom is -0.459 e. The second-order valence-corrected chi connectivity index (χ2v) is 8.04. The van der Waals surface area contributed by atoms with E-state index >= 15 is 0 Å². The van der Waals surface area contributed by atoms with Crippen molar-refractivity contribution < 1.29 is 18.4 Å². The van der Waals surface area contributed by atoms with Gasteiger partial charge in [0.25, 0.3) is 5.91 Å². The highest BCUT2D eigenvalue weighted by Crippen LogP contribution is 2.40. The Kier molecular flexibility index (Phi) is 5.05. The molecule has 0 fully saturated rings. The van der Waals surface area contributed by atoms with Crippen LogP contribution in [0.1, 0.15) is 30.3 Å². The molecule has 1 atom stereocenters. The monoisotopic (exact) mass is 442 g/mol. The quantitative estimate of drug-likeness (QED) is 0.456. The molecule has 0 radical (unpaired) electrons. The Labute approximate surface area is 190 Å². The van der Waals surface area contributed by atoms with E-state index in [2.05, 4.69) is 10.2 Å². The van der Waals surface area contributed by atoms with Crippen LogP contribution in [0.15, 0.2) is 69.7 Å². The molecule has 0 N–H and O–H groups in total. The molecule has 166 valence electrons. The van der Waals surface area contributed by atoms with E-state index in [0.717, 1.165) is 16.7 Å². The van der Waals surface area contributed by atoms with Crippen molar-refractivity contribution in [2.75, 3.05) is 16.3 Å². The molecule has 1 aliphatic heterocycles. The van der Waals surface area contributed by atoms with Crippen LogP contribution < -0.4 is 9.80 Å². The summed E-state index contributed by atoms with van der Waals surface area (Å²) in [5.74, 6) is 0.871. The maximum absolute atomic E-state index is 13.2. The Morgan fingerprint density at radius 3 is 2.45 bits per heavy atom. The highest BCUT2D eigenvalue weighted by Gasteiger charge is 2.35. The number of benzene rings is 2. The lowest BCUT2D eigenvalue weighted by atomic mass is 9.99. The van der Waals surface area contributed by atoms with Gasteiger partial charge in [-0.05, 0) is 54.4 Å². The van der Waals surface area contributed by atoms with Crippen LogP contribution >= 0.6 is 0 Å². The summed E-state index contributed by atoms with van der Waals surface area (Å²) in [6.45, 7) is 5.57. The van der Waals surface area contributed by atoms with E-state index < -0.39 is 0 Å². The molecule has 3 heterocycles. The van der Waals surface area contributed by atoms with Gasteiger partial charge in [-0.2, -0.15) is 0 Å². The molecule has 1 aliphatic rings. The standard InChI is InChI=1S/C25H22N4O4/c1-15-14-28(25(31)23-8-5-11-32-23)22-13-19(9-10-21(22)29(15)17(3)30)18-6-4-7-20(12-18)24-27-26-16(2)33-24/h4-13,15H,14H2,1-3H3. The molecule has 0 saturated carbocycles. The summed E-state index contributed by atoms with van der Waals surface area (Å²) in [4.78, 5) is 29.1. The number of hydrogen-bond acceptors (Lipinski definition) is 6. The van der Waals surface area contributed by atoms with Gasteiger partial charge in [0.1, 0.15) is 0 Å². The summed E-state index contributed by atoms with van der Waals surface area (Å²) in [5, 5.41) is 8.00. The minimum atomic E-state index is -0.247. The molecule has 4 aromatic rings. The summed E-state index contributed by atoms with van der Waals surface area (Å²) in [6, 6.07) is 16.7. The third-order valence-corrected chi connectivity index (χ3v) is 5.70. The molecule has 33 heavy (non-hydrogen) atoms. The summed E-state index contributed by atoms with van der Waals surface area (Å²) < 4.78 is 10.9. The third kappa shape index (κ3) is 3.69. The first-order valence-corrected chi connectivity index (χ1v) is 10.6. The lowest BCUT2D eigenvalue weighted by Gasteiger charge is -2.40. The lowest BCUT2D eigenvalue weighted by molar-refractivity contribution is -0.117. The molecule has 0 aliphatic carbocycles. The number of furan rings is 1. The molecule has 1 unspecified atom stereocenters. The van der Waals surface area contributed by atoms with E-state index in [4.69, 9.17) is 8.83 Å². The van der Waals surface area contributed by atoms with Crippen molar-refractivity contribution in [1.29, 1.82) is 0 Å². The lowest BCUT2D eigenvalue weighted by Crippen LogP contribution is -2.51. The van der Waals surface area contributed by atoms with Gasteiger partial charge >= 0.3 is 0 Å². The van der Waals surface area contributed by atoms with Crippen molar-refractivity contribution in [2.45, 2.75) is 26.8 Å². The zero-order valence-electron chi connectivity index (χ0n) is 18.5. The van der Waals surface area contributed by atoms with Gasteiger partial charge in [0.2, 0.25) is 17.7 Å². The Hall–Kier alpha value is -4.20. The van der Waals surface area contributed by atoms with Crippen LogP contribution in [-0.2, 0) is 4.79 Å². The summed E-state index contributed by atoms with van der Waals surface area (Å²) in [5.41, 5.74) is 3.95. The smallest absolute Gasteiger partial charge is 0.294 e. The third-order valence-electron chi connectivity index (χ3n) is 5.70. The number of amides is 2. The van der Waals surface area contributed by atoms with Gasteiger partial charge in [0, 0.05) is 26.0 Å². The number of nitrogens with zero attached hydrogens (tertiary/aromatic N) is 4. The van der Waals surface area contributed by atoms with Crippen molar-refractivity contribution in [3.63, 3.8) is 0 Å². The normalized spacial score (nSPS) is 15.4. The second kappa shape index (κ2) is 8.05. The number of aromatic nitrogens is 2. The molecular weight excluding hydrogens is 420 g/mol. The molecular formula is C25H22N4O4. The molecule has 8 heteroatoms.